The molecule has 0 aliphatic heterocycles. The lowest BCUT2D eigenvalue weighted by Gasteiger charge is -2.17. The Balaban J connectivity index is 2.23. The second-order valence-corrected chi connectivity index (χ2v) is 5.96. The van der Waals surface area contributed by atoms with E-state index >= 15 is 0 Å². The number of aromatic nitrogens is 2. The molecule has 0 atom stereocenters. The second kappa shape index (κ2) is 5.59. The maximum absolute atomic E-state index is 12.1. The highest BCUT2D eigenvalue weighted by Crippen LogP contribution is 2.17. The van der Waals surface area contributed by atoms with Gasteiger partial charge in [0.25, 0.3) is 5.56 Å². The molecule has 0 amide bonds. The first kappa shape index (κ1) is 14.5. The molecule has 106 valence electrons. The first-order chi connectivity index (χ1) is 9.40. The van der Waals surface area contributed by atoms with E-state index in [0.717, 1.165) is 16.8 Å². The zero-order valence-corrected chi connectivity index (χ0v) is 12.1. The summed E-state index contributed by atoms with van der Waals surface area (Å²) in [6.07, 6.45) is 1.60. The number of rotatable bonds is 3. The van der Waals surface area contributed by atoms with Crippen LogP contribution in [0.2, 0.25) is 0 Å². The van der Waals surface area contributed by atoms with Crippen LogP contribution in [-0.4, -0.2) is 14.7 Å². The second-order valence-electron chi connectivity index (χ2n) is 5.96. The summed E-state index contributed by atoms with van der Waals surface area (Å²) in [4.78, 5) is 16.5. The van der Waals surface area contributed by atoms with Gasteiger partial charge in [0.2, 0.25) is 0 Å². The molecule has 4 nitrogen and oxygen atoms in total. The van der Waals surface area contributed by atoms with Gasteiger partial charge in [-0.15, -0.1) is 0 Å². The number of benzene rings is 1. The molecule has 0 saturated heterocycles. The molecule has 0 spiro atoms. The van der Waals surface area contributed by atoms with Crippen molar-refractivity contribution >= 4 is 0 Å². The van der Waals surface area contributed by atoms with Gasteiger partial charge in [0.15, 0.2) is 0 Å². The van der Waals surface area contributed by atoms with Gasteiger partial charge in [-0.05, 0) is 11.1 Å². The minimum atomic E-state index is -0.124. The lowest BCUT2D eigenvalue weighted by atomic mass is 9.92. The van der Waals surface area contributed by atoms with Crippen molar-refractivity contribution in [2.24, 2.45) is 0 Å². The van der Waals surface area contributed by atoms with Crippen LogP contribution in [0.1, 0.15) is 37.6 Å². The van der Waals surface area contributed by atoms with E-state index in [-0.39, 0.29) is 17.6 Å². The summed E-state index contributed by atoms with van der Waals surface area (Å²) in [5, 5.41) is 9.00. The van der Waals surface area contributed by atoms with E-state index in [1.54, 1.807) is 17.0 Å². The standard InChI is InChI=1S/C16H20N2O2/c1-16(2,3)14-8-15(20)18(11-17-14)9-12-4-6-13(10-19)7-5-12/h4-8,11,19H,9-10H2,1-3H3. The van der Waals surface area contributed by atoms with Gasteiger partial charge in [-0.1, -0.05) is 45.0 Å². The molecule has 2 aromatic rings. The molecule has 1 aromatic carbocycles. The first-order valence-corrected chi connectivity index (χ1v) is 6.66. The predicted molar refractivity (Wildman–Crippen MR) is 78.7 cm³/mol. The topological polar surface area (TPSA) is 55.1 Å². The fraction of sp³-hybridized carbons (Fsp3) is 0.375. The molecule has 0 fully saturated rings. The van der Waals surface area contributed by atoms with Crippen LogP contribution >= 0.6 is 0 Å². The van der Waals surface area contributed by atoms with Crippen LogP contribution in [0.3, 0.4) is 0 Å². The third-order valence-electron chi connectivity index (χ3n) is 3.21. The normalized spacial score (nSPS) is 11.6. The van der Waals surface area contributed by atoms with Crippen molar-refractivity contribution < 1.29 is 5.11 Å². The third kappa shape index (κ3) is 3.33. The minimum absolute atomic E-state index is 0.0298. The summed E-state index contributed by atoms with van der Waals surface area (Å²) in [5.74, 6) is 0. The van der Waals surface area contributed by atoms with Crippen LogP contribution in [-0.2, 0) is 18.6 Å². The average molecular weight is 272 g/mol. The highest BCUT2D eigenvalue weighted by atomic mass is 16.3. The lowest BCUT2D eigenvalue weighted by Crippen LogP contribution is -2.25. The zero-order chi connectivity index (χ0) is 14.8. The molecular weight excluding hydrogens is 252 g/mol. The van der Waals surface area contributed by atoms with Crippen molar-refractivity contribution in [2.45, 2.75) is 39.3 Å². The summed E-state index contributed by atoms with van der Waals surface area (Å²) < 4.78 is 1.59. The Kier molecular flexibility index (Phi) is 4.04. The van der Waals surface area contributed by atoms with Crippen LogP contribution < -0.4 is 5.56 Å². The van der Waals surface area contributed by atoms with E-state index in [9.17, 15) is 4.79 Å². The fourth-order valence-corrected chi connectivity index (χ4v) is 1.90. The van der Waals surface area contributed by atoms with Gasteiger partial charge < -0.3 is 5.11 Å². The molecule has 1 aromatic heterocycles. The fourth-order valence-electron chi connectivity index (χ4n) is 1.90. The monoisotopic (exact) mass is 272 g/mol. The molecular formula is C16H20N2O2. The quantitative estimate of drug-likeness (QED) is 0.930. The number of hydrogen-bond acceptors (Lipinski definition) is 3. The Bertz CT molecular complexity index is 637. The summed E-state index contributed by atoms with van der Waals surface area (Å²) >= 11 is 0. The number of aliphatic hydroxyl groups excluding tert-OH is 1. The number of nitrogens with zero attached hydrogens (tertiary/aromatic N) is 2. The van der Waals surface area contributed by atoms with Crippen molar-refractivity contribution in [3.63, 3.8) is 0 Å². The molecule has 0 aliphatic carbocycles. The van der Waals surface area contributed by atoms with Crippen molar-refractivity contribution in [3.05, 3.63) is 63.8 Å². The van der Waals surface area contributed by atoms with Gasteiger partial charge in [-0.25, -0.2) is 4.98 Å². The molecule has 20 heavy (non-hydrogen) atoms. The summed E-state index contributed by atoms with van der Waals surface area (Å²) in [7, 11) is 0. The van der Waals surface area contributed by atoms with E-state index in [0.29, 0.717) is 6.54 Å². The van der Waals surface area contributed by atoms with Crippen LogP contribution in [0.15, 0.2) is 41.5 Å². The summed E-state index contributed by atoms with van der Waals surface area (Å²) in [5.41, 5.74) is 2.50. The van der Waals surface area contributed by atoms with E-state index in [2.05, 4.69) is 4.98 Å². The summed E-state index contributed by atoms with van der Waals surface area (Å²) in [6.45, 7) is 6.62. The first-order valence-electron chi connectivity index (χ1n) is 6.66. The molecule has 1 N–H and O–H groups in total. The molecule has 1 heterocycles. The average Bonchev–Trinajstić information content (AvgIpc) is 2.41. The maximum Gasteiger partial charge on any atom is 0.253 e. The number of aliphatic hydroxyl groups is 1. The Morgan fingerprint density at radius 2 is 1.75 bits per heavy atom. The van der Waals surface area contributed by atoms with Gasteiger partial charge in [-0.2, -0.15) is 0 Å². The van der Waals surface area contributed by atoms with Gasteiger partial charge >= 0.3 is 0 Å². The molecule has 0 saturated carbocycles. The van der Waals surface area contributed by atoms with Crippen molar-refractivity contribution in [3.8, 4) is 0 Å². The zero-order valence-electron chi connectivity index (χ0n) is 12.1. The van der Waals surface area contributed by atoms with E-state index in [1.165, 1.54) is 0 Å². The van der Waals surface area contributed by atoms with Gasteiger partial charge in [0.1, 0.15) is 0 Å². The largest absolute Gasteiger partial charge is 0.392 e. The Morgan fingerprint density at radius 1 is 1.15 bits per heavy atom. The van der Waals surface area contributed by atoms with Crippen LogP contribution in [0.5, 0.6) is 0 Å². The SMILES string of the molecule is CC(C)(C)c1cc(=O)n(Cc2ccc(CO)cc2)cn1. The van der Waals surface area contributed by atoms with E-state index in [1.807, 2.05) is 45.0 Å². The van der Waals surface area contributed by atoms with E-state index < -0.39 is 0 Å². The minimum Gasteiger partial charge on any atom is -0.392 e. The summed E-state index contributed by atoms with van der Waals surface area (Å²) in [6, 6.07) is 9.14. The predicted octanol–water partition coefficient (Wildman–Crippen LogP) is 2.08. The smallest absolute Gasteiger partial charge is 0.253 e. The molecule has 0 radical (unpaired) electrons. The van der Waals surface area contributed by atoms with Gasteiger partial charge in [-0.3, -0.25) is 9.36 Å². The molecule has 0 unspecified atom stereocenters. The maximum atomic E-state index is 12.1. The van der Waals surface area contributed by atoms with E-state index in [4.69, 9.17) is 5.11 Å². The van der Waals surface area contributed by atoms with Crippen molar-refractivity contribution in [1.82, 2.24) is 9.55 Å². The highest BCUT2D eigenvalue weighted by molar-refractivity contribution is 5.22. The Hall–Kier alpha value is -1.94. The van der Waals surface area contributed by atoms with Crippen LogP contribution in [0, 0.1) is 0 Å². The van der Waals surface area contributed by atoms with Gasteiger partial charge in [0, 0.05) is 11.5 Å². The van der Waals surface area contributed by atoms with Crippen LogP contribution in [0.25, 0.3) is 0 Å². The number of hydrogen-bond donors (Lipinski definition) is 1. The Morgan fingerprint density at radius 3 is 2.25 bits per heavy atom. The Labute approximate surface area is 118 Å². The van der Waals surface area contributed by atoms with Crippen molar-refractivity contribution in [1.29, 1.82) is 0 Å². The molecule has 0 bridgehead atoms. The van der Waals surface area contributed by atoms with Gasteiger partial charge in [0.05, 0.1) is 25.2 Å². The van der Waals surface area contributed by atoms with Crippen molar-refractivity contribution in [2.75, 3.05) is 0 Å². The highest BCUT2D eigenvalue weighted by Gasteiger charge is 2.16. The lowest BCUT2D eigenvalue weighted by molar-refractivity contribution is 0.282. The molecule has 2 rings (SSSR count). The van der Waals surface area contributed by atoms with Crippen LogP contribution in [0.4, 0.5) is 0 Å². The third-order valence-corrected chi connectivity index (χ3v) is 3.21. The molecule has 4 heteroatoms. The molecule has 0 aliphatic rings.